The van der Waals surface area contributed by atoms with Crippen LogP contribution in [-0.2, 0) is 9.53 Å². The van der Waals surface area contributed by atoms with Crippen LogP contribution in [0.4, 0.5) is 37.6 Å². The zero-order valence-electron chi connectivity index (χ0n) is 19.3. The summed E-state index contributed by atoms with van der Waals surface area (Å²) >= 11 is 0. The number of phenols is 1. The molecule has 1 saturated heterocycles. The van der Waals surface area contributed by atoms with Gasteiger partial charge in [0.1, 0.15) is 11.7 Å². The van der Waals surface area contributed by atoms with Crippen molar-refractivity contribution in [1.29, 1.82) is 5.26 Å². The number of hydrogen-bond acceptors (Lipinski definition) is 8. The van der Waals surface area contributed by atoms with Gasteiger partial charge >= 0.3 is 0 Å². The number of aromatic hydroxyl groups is 1. The van der Waals surface area contributed by atoms with Crippen molar-refractivity contribution >= 4 is 34.7 Å². The van der Waals surface area contributed by atoms with Gasteiger partial charge in [-0.3, -0.25) is 9.69 Å². The molecule has 0 aliphatic carbocycles. The number of rotatable bonds is 4. The van der Waals surface area contributed by atoms with E-state index >= 15 is 0 Å². The van der Waals surface area contributed by atoms with E-state index in [9.17, 15) is 23.9 Å². The third-order valence-electron chi connectivity index (χ3n) is 6.32. The van der Waals surface area contributed by atoms with Crippen LogP contribution in [0.2, 0.25) is 0 Å². The molecule has 3 heterocycles. The number of nitriles is 1. The van der Waals surface area contributed by atoms with E-state index in [1.807, 2.05) is 4.90 Å². The fraction of sp³-hybridized carbons (Fsp3) is 0.280. The second-order valence-electron chi connectivity index (χ2n) is 8.58. The Morgan fingerprint density at radius 2 is 1.92 bits per heavy atom. The Morgan fingerprint density at radius 1 is 1.19 bits per heavy atom. The van der Waals surface area contributed by atoms with Crippen molar-refractivity contribution in [3.05, 3.63) is 59.8 Å². The number of hydrogen-bond donors (Lipinski definition) is 2. The van der Waals surface area contributed by atoms with E-state index in [-0.39, 0.29) is 23.6 Å². The van der Waals surface area contributed by atoms with Crippen LogP contribution in [0.3, 0.4) is 0 Å². The van der Waals surface area contributed by atoms with Gasteiger partial charge < -0.3 is 20.1 Å². The van der Waals surface area contributed by atoms with Crippen LogP contribution in [-0.4, -0.2) is 46.3 Å². The number of anilines is 5. The third kappa shape index (κ3) is 4.16. The predicted molar refractivity (Wildman–Crippen MR) is 127 cm³/mol. The Morgan fingerprint density at radius 3 is 2.61 bits per heavy atom. The molecule has 1 fully saturated rings. The zero-order valence-corrected chi connectivity index (χ0v) is 19.3. The minimum absolute atomic E-state index is 0.0129. The molecule has 3 aromatic rings. The second kappa shape index (κ2) is 9.39. The average Bonchev–Trinajstić information content (AvgIpc) is 2.89. The number of nitrogens with one attached hydrogen (secondary N) is 1. The zero-order chi connectivity index (χ0) is 25.4. The van der Waals surface area contributed by atoms with Gasteiger partial charge in [-0.1, -0.05) is 6.07 Å². The Bertz CT molecular complexity index is 1350. The van der Waals surface area contributed by atoms with Crippen LogP contribution in [0.1, 0.15) is 25.3 Å². The third-order valence-corrected chi connectivity index (χ3v) is 6.32. The molecule has 1 amide bonds. The van der Waals surface area contributed by atoms with E-state index in [1.54, 1.807) is 31.2 Å². The number of carbonyl (C=O) groups excluding carboxylic acids is 1. The number of fused-ring (bicyclic) bond motifs is 1. The Labute approximate surface area is 205 Å². The molecule has 2 N–H and O–H groups in total. The summed E-state index contributed by atoms with van der Waals surface area (Å²) in [4.78, 5) is 26.0. The molecule has 2 aliphatic rings. The van der Waals surface area contributed by atoms with Gasteiger partial charge in [0.05, 0.1) is 23.5 Å². The summed E-state index contributed by atoms with van der Waals surface area (Å²) in [5, 5.41) is 21.5. The first kappa shape index (κ1) is 23.4. The maximum Gasteiger partial charge on any atom is 0.254 e. The number of benzene rings is 2. The lowest BCUT2D eigenvalue weighted by atomic mass is 10.0. The lowest BCUT2D eigenvalue weighted by molar-refractivity contribution is -0.119. The lowest BCUT2D eigenvalue weighted by Gasteiger charge is -2.45. The van der Waals surface area contributed by atoms with Crippen LogP contribution < -0.4 is 15.1 Å². The van der Waals surface area contributed by atoms with Crippen LogP contribution in [0.25, 0.3) is 0 Å². The molecule has 36 heavy (non-hydrogen) atoms. The molecule has 0 bridgehead atoms. The fourth-order valence-corrected chi connectivity index (χ4v) is 4.58. The van der Waals surface area contributed by atoms with Crippen molar-refractivity contribution in [2.45, 2.75) is 31.8 Å². The monoisotopic (exact) mass is 492 g/mol. The first-order chi connectivity index (χ1) is 17.4. The number of carbonyl (C=O) groups is 1. The maximum atomic E-state index is 13.9. The van der Waals surface area contributed by atoms with Gasteiger partial charge in [-0.15, -0.1) is 0 Å². The van der Waals surface area contributed by atoms with E-state index < -0.39 is 23.4 Å². The number of nitrogens with zero attached hydrogens (tertiary/aromatic N) is 5. The summed E-state index contributed by atoms with van der Waals surface area (Å²) in [6.07, 6.45) is 2.86. The molecule has 11 heteroatoms. The van der Waals surface area contributed by atoms with Crippen LogP contribution in [0, 0.1) is 23.0 Å². The molecule has 184 valence electrons. The summed E-state index contributed by atoms with van der Waals surface area (Å²) in [5.41, 5.74) is 1.34. The molecule has 2 aromatic carbocycles. The first-order valence-corrected chi connectivity index (χ1v) is 11.4. The minimum atomic E-state index is -1.12. The van der Waals surface area contributed by atoms with E-state index in [0.29, 0.717) is 48.8 Å². The number of ether oxygens (including phenoxy) is 1. The van der Waals surface area contributed by atoms with E-state index in [4.69, 9.17) is 4.74 Å². The Kier molecular flexibility index (Phi) is 6.12. The van der Waals surface area contributed by atoms with Gasteiger partial charge in [-0.2, -0.15) is 10.2 Å². The SMILES string of the molecule is C[C@@H]1C(=O)N(c2cccc(C#N)c2)c2cnc(Nc3cc(F)c(O)c(F)c3)nc2N1C1CCOCC1. The van der Waals surface area contributed by atoms with Gasteiger partial charge in [-0.25, -0.2) is 13.8 Å². The molecular weight excluding hydrogens is 470 g/mol. The maximum absolute atomic E-state index is 13.9. The largest absolute Gasteiger partial charge is 0.503 e. The first-order valence-electron chi connectivity index (χ1n) is 11.4. The smallest absolute Gasteiger partial charge is 0.254 e. The van der Waals surface area contributed by atoms with Crippen LogP contribution in [0.5, 0.6) is 5.75 Å². The van der Waals surface area contributed by atoms with Crippen molar-refractivity contribution < 1.29 is 23.4 Å². The molecule has 1 atom stereocenters. The molecule has 1 aromatic heterocycles. The average molecular weight is 492 g/mol. The van der Waals surface area contributed by atoms with E-state index in [0.717, 1.165) is 12.1 Å². The molecule has 9 nitrogen and oxygen atoms in total. The summed E-state index contributed by atoms with van der Waals surface area (Å²) in [6.45, 7) is 2.89. The Balaban J connectivity index is 1.61. The minimum Gasteiger partial charge on any atom is -0.503 e. The molecule has 5 rings (SSSR count). The molecule has 0 unspecified atom stereocenters. The summed E-state index contributed by atoms with van der Waals surface area (Å²) in [5.74, 6) is -2.99. The molecule has 0 radical (unpaired) electrons. The number of aromatic nitrogens is 2. The number of halogens is 2. The summed E-state index contributed by atoms with van der Waals surface area (Å²) in [7, 11) is 0. The number of amides is 1. The lowest BCUT2D eigenvalue weighted by Crippen LogP contribution is -2.56. The number of phenolic OH excluding ortho intramolecular Hbond substituents is 1. The standard InChI is InChI=1S/C25H22F2N6O3/c1-14-24(35)33(18-4-2-3-15(9-18)12-28)21-13-29-25(30-16-10-19(26)22(34)20(27)11-16)31-23(21)32(14)17-5-7-36-8-6-17/h2-4,9-11,13-14,17,34H,5-8H2,1H3,(H,29,30,31)/t14-/m1/s1. The highest BCUT2D eigenvalue weighted by Gasteiger charge is 2.41. The second-order valence-corrected chi connectivity index (χ2v) is 8.58. The van der Waals surface area contributed by atoms with Crippen molar-refractivity contribution in [3.63, 3.8) is 0 Å². The summed E-state index contributed by atoms with van der Waals surface area (Å²) < 4.78 is 33.2. The molecule has 2 aliphatic heterocycles. The van der Waals surface area contributed by atoms with Gasteiger partial charge in [0.15, 0.2) is 23.2 Å². The highest BCUT2D eigenvalue weighted by atomic mass is 19.1. The van der Waals surface area contributed by atoms with Crippen molar-refractivity contribution in [3.8, 4) is 11.8 Å². The van der Waals surface area contributed by atoms with Crippen LogP contribution in [0.15, 0.2) is 42.6 Å². The topological polar surface area (TPSA) is 115 Å². The fourth-order valence-electron chi connectivity index (χ4n) is 4.58. The quantitative estimate of drug-likeness (QED) is 0.523. The van der Waals surface area contributed by atoms with Gasteiger partial charge in [0, 0.05) is 37.1 Å². The Hall–Kier alpha value is -4.30. The normalized spacial score (nSPS) is 18.1. The van der Waals surface area contributed by atoms with Gasteiger partial charge in [0.2, 0.25) is 5.95 Å². The van der Waals surface area contributed by atoms with Crippen molar-refractivity contribution in [1.82, 2.24) is 9.97 Å². The van der Waals surface area contributed by atoms with Crippen molar-refractivity contribution in [2.75, 3.05) is 28.3 Å². The van der Waals surface area contributed by atoms with Gasteiger partial charge in [-0.05, 0) is 38.0 Å². The van der Waals surface area contributed by atoms with Crippen molar-refractivity contribution in [2.24, 2.45) is 0 Å². The molecular formula is C25H22F2N6O3. The molecule has 0 saturated carbocycles. The van der Waals surface area contributed by atoms with E-state index in [2.05, 4.69) is 21.4 Å². The highest BCUT2D eigenvalue weighted by molar-refractivity contribution is 6.10. The van der Waals surface area contributed by atoms with E-state index in [1.165, 1.54) is 11.1 Å². The van der Waals surface area contributed by atoms with Crippen LogP contribution >= 0.6 is 0 Å². The van der Waals surface area contributed by atoms with Gasteiger partial charge in [0.25, 0.3) is 5.91 Å². The molecule has 0 spiro atoms. The highest BCUT2D eigenvalue weighted by Crippen LogP contribution is 2.42. The summed E-state index contributed by atoms with van der Waals surface area (Å²) in [6, 6.07) is 10.0. The predicted octanol–water partition coefficient (Wildman–Crippen LogP) is 4.13.